The summed E-state index contributed by atoms with van der Waals surface area (Å²) in [6.07, 6.45) is 8.12. The molecule has 8 heavy (non-hydrogen) atoms. The van der Waals surface area contributed by atoms with E-state index in [2.05, 4.69) is 0 Å². The molecule has 1 fully saturated rings. The third kappa shape index (κ3) is 1.25. The van der Waals surface area contributed by atoms with Crippen LogP contribution in [0.1, 0.15) is 26.2 Å². The van der Waals surface area contributed by atoms with Crippen molar-refractivity contribution in [2.75, 3.05) is 0 Å². The van der Waals surface area contributed by atoms with Crippen LogP contribution in [0, 0.1) is 0 Å². The van der Waals surface area contributed by atoms with Gasteiger partial charge in [-0.3, -0.25) is 0 Å². The number of rotatable bonds is 2. The zero-order valence-corrected chi connectivity index (χ0v) is 5.26. The largest absolute Gasteiger partial charge is 0.498 e. The zero-order chi connectivity index (χ0) is 5.82. The second kappa shape index (κ2) is 2.75. The predicted octanol–water partition coefficient (Wildman–Crippen LogP) is 2.09. The van der Waals surface area contributed by atoms with E-state index in [0.29, 0.717) is 6.10 Å². The molecule has 1 heteroatoms. The van der Waals surface area contributed by atoms with Gasteiger partial charge in [0, 0.05) is 0 Å². The second-order valence-electron chi connectivity index (χ2n) is 2.16. The van der Waals surface area contributed by atoms with Crippen molar-refractivity contribution < 1.29 is 4.74 Å². The third-order valence-corrected chi connectivity index (χ3v) is 1.46. The molecule has 1 saturated carbocycles. The molecule has 0 aromatic carbocycles. The zero-order valence-electron chi connectivity index (χ0n) is 5.26. The Hall–Kier alpha value is -0.460. The normalized spacial score (nSPS) is 21.1. The summed E-state index contributed by atoms with van der Waals surface area (Å²) in [5, 5.41) is 0. The minimum absolute atomic E-state index is 0.547. The van der Waals surface area contributed by atoms with Crippen molar-refractivity contribution in [3.8, 4) is 0 Å². The Balaban J connectivity index is 2.01. The molecule has 0 bridgehead atoms. The van der Waals surface area contributed by atoms with Crippen LogP contribution in [0.5, 0.6) is 0 Å². The lowest BCUT2D eigenvalue weighted by molar-refractivity contribution is 0.0736. The average Bonchev–Trinajstić information content (AvgIpc) is 1.63. The fourth-order valence-corrected chi connectivity index (χ4v) is 0.697. The molecule has 0 atom stereocenters. The minimum atomic E-state index is 0.547. The van der Waals surface area contributed by atoms with Gasteiger partial charge in [-0.15, -0.1) is 0 Å². The van der Waals surface area contributed by atoms with E-state index in [1.165, 1.54) is 19.3 Å². The van der Waals surface area contributed by atoms with E-state index in [0.717, 1.165) is 0 Å². The van der Waals surface area contributed by atoms with E-state index in [1.807, 2.05) is 13.0 Å². The quantitative estimate of drug-likeness (QED) is 0.497. The summed E-state index contributed by atoms with van der Waals surface area (Å²) in [6, 6.07) is 0. The lowest BCUT2D eigenvalue weighted by Gasteiger charge is -2.23. The van der Waals surface area contributed by atoms with Gasteiger partial charge in [-0.2, -0.15) is 0 Å². The summed E-state index contributed by atoms with van der Waals surface area (Å²) in [5.41, 5.74) is 0. The van der Waals surface area contributed by atoms with Crippen LogP contribution in [0.2, 0.25) is 0 Å². The molecular weight excluding hydrogens is 100 g/mol. The molecule has 0 amide bonds. The standard InChI is InChI=1S/C7H12O/c1-2-6-8-7-4-3-5-7/h2,6-7H,3-5H2,1H3/b6-2+. The first kappa shape index (κ1) is 5.67. The maximum Gasteiger partial charge on any atom is 0.0978 e. The fraction of sp³-hybridized carbons (Fsp3) is 0.714. The van der Waals surface area contributed by atoms with Crippen LogP contribution in [0.3, 0.4) is 0 Å². The van der Waals surface area contributed by atoms with E-state index < -0.39 is 0 Å². The van der Waals surface area contributed by atoms with E-state index >= 15 is 0 Å². The molecule has 0 unspecified atom stereocenters. The van der Waals surface area contributed by atoms with Gasteiger partial charge >= 0.3 is 0 Å². The van der Waals surface area contributed by atoms with Crippen molar-refractivity contribution >= 4 is 0 Å². The average molecular weight is 112 g/mol. The van der Waals surface area contributed by atoms with Gasteiger partial charge in [-0.25, -0.2) is 0 Å². The number of allylic oxidation sites excluding steroid dienone is 1. The van der Waals surface area contributed by atoms with Crippen molar-refractivity contribution in [2.24, 2.45) is 0 Å². The number of hydrogen-bond acceptors (Lipinski definition) is 1. The van der Waals surface area contributed by atoms with Gasteiger partial charge in [-0.05, 0) is 26.2 Å². The smallest absolute Gasteiger partial charge is 0.0978 e. The maximum absolute atomic E-state index is 5.25. The number of hydrogen-bond donors (Lipinski definition) is 0. The Kier molecular flexibility index (Phi) is 1.95. The molecule has 1 rings (SSSR count). The molecule has 0 N–H and O–H groups in total. The molecule has 0 spiro atoms. The van der Waals surface area contributed by atoms with Gasteiger partial charge in [0.1, 0.15) is 0 Å². The first-order valence-corrected chi connectivity index (χ1v) is 3.20. The Morgan fingerprint density at radius 1 is 1.50 bits per heavy atom. The number of ether oxygens (including phenoxy) is 1. The third-order valence-electron chi connectivity index (χ3n) is 1.46. The van der Waals surface area contributed by atoms with Crippen LogP contribution in [-0.2, 0) is 4.74 Å². The van der Waals surface area contributed by atoms with Gasteiger partial charge in [0.25, 0.3) is 0 Å². The SMILES string of the molecule is C/C=C/OC1CCC1. The van der Waals surface area contributed by atoms with Crippen LogP contribution >= 0.6 is 0 Å². The lowest BCUT2D eigenvalue weighted by atomic mass is 9.96. The highest BCUT2D eigenvalue weighted by Crippen LogP contribution is 2.21. The van der Waals surface area contributed by atoms with Gasteiger partial charge in [0.15, 0.2) is 0 Å². The van der Waals surface area contributed by atoms with Crippen LogP contribution in [-0.4, -0.2) is 6.10 Å². The van der Waals surface area contributed by atoms with E-state index in [1.54, 1.807) is 6.26 Å². The highest BCUT2D eigenvalue weighted by molar-refractivity contribution is 4.74. The van der Waals surface area contributed by atoms with E-state index in [9.17, 15) is 0 Å². The van der Waals surface area contributed by atoms with Crippen LogP contribution < -0.4 is 0 Å². The Bertz CT molecular complexity index is 82.4. The molecule has 1 aliphatic carbocycles. The van der Waals surface area contributed by atoms with Crippen molar-refractivity contribution in [3.63, 3.8) is 0 Å². The summed E-state index contributed by atoms with van der Waals surface area (Å²) in [4.78, 5) is 0. The molecule has 0 radical (unpaired) electrons. The molecule has 0 aliphatic heterocycles. The Labute approximate surface area is 50.3 Å². The minimum Gasteiger partial charge on any atom is -0.498 e. The molecule has 0 aromatic rings. The van der Waals surface area contributed by atoms with Crippen molar-refractivity contribution in [1.29, 1.82) is 0 Å². The summed E-state index contributed by atoms with van der Waals surface area (Å²) >= 11 is 0. The summed E-state index contributed by atoms with van der Waals surface area (Å²) in [5.74, 6) is 0. The summed E-state index contributed by atoms with van der Waals surface area (Å²) in [6.45, 7) is 1.97. The van der Waals surface area contributed by atoms with Crippen molar-refractivity contribution in [1.82, 2.24) is 0 Å². The van der Waals surface area contributed by atoms with Gasteiger partial charge in [-0.1, -0.05) is 6.08 Å². The van der Waals surface area contributed by atoms with Crippen molar-refractivity contribution in [2.45, 2.75) is 32.3 Å². The Morgan fingerprint density at radius 3 is 2.62 bits per heavy atom. The van der Waals surface area contributed by atoms with Crippen molar-refractivity contribution in [3.05, 3.63) is 12.3 Å². The highest BCUT2D eigenvalue weighted by atomic mass is 16.5. The van der Waals surface area contributed by atoms with Crippen LogP contribution in [0.15, 0.2) is 12.3 Å². The summed E-state index contributed by atoms with van der Waals surface area (Å²) < 4.78 is 5.25. The molecule has 0 aromatic heterocycles. The molecule has 0 saturated heterocycles. The van der Waals surface area contributed by atoms with Crippen LogP contribution in [0.4, 0.5) is 0 Å². The topological polar surface area (TPSA) is 9.23 Å². The Morgan fingerprint density at radius 2 is 2.25 bits per heavy atom. The van der Waals surface area contributed by atoms with Gasteiger partial charge < -0.3 is 4.74 Å². The lowest BCUT2D eigenvalue weighted by Crippen LogP contribution is -2.18. The molecular formula is C7H12O. The van der Waals surface area contributed by atoms with Gasteiger partial charge in [0.05, 0.1) is 12.4 Å². The van der Waals surface area contributed by atoms with Crippen LogP contribution in [0.25, 0.3) is 0 Å². The fourth-order valence-electron chi connectivity index (χ4n) is 0.697. The molecule has 0 heterocycles. The predicted molar refractivity (Wildman–Crippen MR) is 33.5 cm³/mol. The highest BCUT2D eigenvalue weighted by Gasteiger charge is 2.16. The second-order valence-corrected chi connectivity index (χ2v) is 2.16. The summed E-state index contributed by atoms with van der Waals surface area (Å²) in [7, 11) is 0. The first-order chi connectivity index (χ1) is 3.93. The first-order valence-electron chi connectivity index (χ1n) is 3.20. The molecule has 46 valence electrons. The van der Waals surface area contributed by atoms with E-state index in [4.69, 9.17) is 4.74 Å². The van der Waals surface area contributed by atoms with Gasteiger partial charge in [0.2, 0.25) is 0 Å². The molecule has 1 nitrogen and oxygen atoms in total. The monoisotopic (exact) mass is 112 g/mol. The maximum atomic E-state index is 5.25. The van der Waals surface area contributed by atoms with E-state index in [-0.39, 0.29) is 0 Å². The molecule has 1 aliphatic rings.